The quantitative estimate of drug-likeness (QED) is 0.670. The molecule has 0 N–H and O–H groups in total. The van der Waals surface area contributed by atoms with Crippen LogP contribution in [0, 0.1) is 24.7 Å². The van der Waals surface area contributed by atoms with E-state index in [0.29, 0.717) is 34.7 Å². The predicted molar refractivity (Wildman–Crippen MR) is 127 cm³/mol. The van der Waals surface area contributed by atoms with Crippen LogP contribution >= 0.6 is 0 Å². The number of benzene rings is 1. The lowest BCUT2D eigenvalue weighted by molar-refractivity contribution is -0.134. The number of hydrogen-bond donors (Lipinski definition) is 0. The van der Waals surface area contributed by atoms with Crippen LogP contribution in [-0.4, -0.2) is 37.0 Å². The zero-order chi connectivity index (χ0) is 24.1. The van der Waals surface area contributed by atoms with Gasteiger partial charge in [-0.3, -0.25) is 14.5 Å². The molecule has 1 aromatic carbocycles. The Hall–Kier alpha value is -3.35. The van der Waals surface area contributed by atoms with Gasteiger partial charge in [0.1, 0.15) is 11.9 Å². The summed E-state index contributed by atoms with van der Waals surface area (Å²) in [4.78, 5) is 33.8. The summed E-state index contributed by atoms with van der Waals surface area (Å²) in [6.45, 7) is 6.31. The van der Waals surface area contributed by atoms with Gasteiger partial charge in [-0.1, -0.05) is 26.0 Å². The standard InChI is InChI=1S/C27H30N2O5/c1-14-6-9-22(28-13-14)29-24(17-7-8-19(32-4)21(12-17)33-5)23-25(30)18-10-15(2)16(3)11-20(18)34-26(23)27(29)31/h6-9,12-13,15-16,18,20,24H,10-11H2,1-5H3. The Balaban J connectivity index is 1.65. The van der Waals surface area contributed by atoms with E-state index in [-0.39, 0.29) is 29.5 Å². The van der Waals surface area contributed by atoms with Crippen molar-refractivity contribution in [1.29, 1.82) is 0 Å². The Morgan fingerprint density at radius 2 is 1.74 bits per heavy atom. The molecular formula is C27H30N2O5. The minimum absolute atomic E-state index is 0.00717. The van der Waals surface area contributed by atoms with Crippen molar-refractivity contribution in [3.63, 3.8) is 0 Å². The second-order valence-corrected chi connectivity index (χ2v) is 9.68. The fourth-order valence-corrected chi connectivity index (χ4v) is 5.44. The highest BCUT2D eigenvalue weighted by molar-refractivity contribution is 6.17. The van der Waals surface area contributed by atoms with Crippen LogP contribution in [0.2, 0.25) is 0 Å². The Bertz CT molecular complexity index is 1170. The van der Waals surface area contributed by atoms with Gasteiger partial charge >= 0.3 is 0 Å². The minimum atomic E-state index is -0.652. The molecular weight excluding hydrogens is 432 g/mol. The molecule has 1 fully saturated rings. The number of aromatic nitrogens is 1. The first-order chi connectivity index (χ1) is 16.3. The van der Waals surface area contributed by atoms with Crippen molar-refractivity contribution in [2.75, 3.05) is 19.1 Å². The molecule has 3 heterocycles. The summed E-state index contributed by atoms with van der Waals surface area (Å²) in [5.41, 5.74) is 2.14. The molecule has 0 saturated heterocycles. The Labute approximate surface area is 199 Å². The summed E-state index contributed by atoms with van der Waals surface area (Å²) in [7, 11) is 3.14. The topological polar surface area (TPSA) is 78.0 Å². The van der Waals surface area contributed by atoms with Gasteiger partial charge in [-0.2, -0.15) is 0 Å². The molecule has 0 spiro atoms. The molecule has 0 radical (unpaired) electrons. The molecule has 2 aromatic rings. The van der Waals surface area contributed by atoms with Gasteiger partial charge in [0.25, 0.3) is 5.91 Å². The van der Waals surface area contributed by atoms with E-state index >= 15 is 0 Å². The maximum atomic E-state index is 13.9. The molecule has 5 unspecified atom stereocenters. The molecule has 178 valence electrons. The highest BCUT2D eigenvalue weighted by Crippen LogP contribution is 2.50. The molecule has 1 amide bonds. The first-order valence-corrected chi connectivity index (χ1v) is 11.8. The van der Waals surface area contributed by atoms with Crippen molar-refractivity contribution in [1.82, 2.24) is 4.98 Å². The van der Waals surface area contributed by atoms with E-state index in [9.17, 15) is 9.59 Å². The van der Waals surface area contributed by atoms with Crippen LogP contribution < -0.4 is 14.4 Å². The molecule has 0 bridgehead atoms. The van der Waals surface area contributed by atoms with Crippen LogP contribution in [0.5, 0.6) is 11.5 Å². The van der Waals surface area contributed by atoms with Crippen LogP contribution in [0.1, 0.15) is 43.9 Å². The molecule has 1 saturated carbocycles. The largest absolute Gasteiger partial charge is 0.493 e. The summed E-state index contributed by atoms with van der Waals surface area (Å²) < 4.78 is 17.2. The van der Waals surface area contributed by atoms with Gasteiger partial charge in [0.15, 0.2) is 23.0 Å². The van der Waals surface area contributed by atoms with Crippen molar-refractivity contribution in [3.8, 4) is 11.5 Å². The van der Waals surface area contributed by atoms with Crippen LogP contribution in [0.25, 0.3) is 0 Å². The third-order valence-corrected chi connectivity index (χ3v) is 7.58. The van der Waals surface area contributed by atoms with Crippen molar-refractivity contribution < 1.29 is 23.8 Å². The molecule has 7 heteroatoms. The summed E-state index contributed by atoms with van der Waals surface area (Å²) >= 11 is 0. The number of nitrogens with zero attached hydrogens (tertiary/aromatic N) is 2. The van der Waals surface area contributed by atoms with E-state index in [4.69, 9.17) is 14.2 Å². The number of amides is 1. The van der Waals surface area contributed by atoms with Crippen molar-refractivity contribution in [2.24, 2.45) is 17.8 Å². The predicted octanol–water partition coefficient (Wildman–Crippen LogP) is 4.40. The first-order valence-electron chi connectivity index (χ1n) is 11.8. The maximum Gasteiger partial charge on any atom is 0.295 e. The minimum Gasteiger partial charge on any atom is -0.493 e. The lowest BCUT2D eigenvalue weighted by atomic mass is 9.70. The maximum absolute atomic E-state index is 13.9. The highest BCUT2D eigenvalue weighted by Gasteiger charge is 2.54. The van der Waals surface area contributed by atoms with Crippen LogP contribution in [0.15, 0.2) is 47.9 Å². The van der Waals surface area contributed by atoms with E-state index in [1.165, 1.54) is 0 Å². The van der Waals surface area contributed by atoms with E-state index in [0.717, 1.165) is 24.0 Å². The first kappa shape index (κ1) is 22.4. The van der Waals surface area contributed by atoms with E-state index in [2.05, 4.69) is 18.8 Å². The highest BCUT2D eigenvalue weighted by atomic mass is 16.5. The van der Waals surface area contributed by atoms with Gasteiger partial charge in [-0.25, -0.2) is 4.98 Å². The number of Topliss-reactive ketones (excluding diaryl/α,β-unsaturated/α-hetero) is 1. The van der Waals surface area contributed by atoms with Crippen molar-refractivity contribution >= 4 is 17.5 Å². The number of ether oxygens (including phenoxy) is 3. The molecule has 1 aromatic heterocycles. The van der Waals surface area contributed by atoms with Gasteiger partial charge in [0, 0.05) is 6.20 Å². The summed E-state index contributed by atoms with van der Waals surface area (Å²) in [5, 5.41) is 0. The SMILES string of the molecule is COc1ccc(C2C3=C(OC4CC(C)C(C)CC4C3=O)C(=O)N2c2ccc(C)cn2)cc1OC. The number of hydrogen-bond acceptors (Lipinski definition) is 6. The molecule has 1 aliphatic carbocycles. The third kappa shape index (κ3) is 3.45. The van der Waals surface area contributed by atoms with Gasteiger partial charge in [-0.05, 0) is 60.9 Å². The van der Waals surface area contributed by atoms with Gasteiger partial charge in [0.2, 0.25) is 0 Å². The number of aryl methyl sites for hydroxylation is 1. The zero-order valence-corrected chi connectivity index (χ0v) is 20.2. The average Bonchev–Trinajstić information content (AvgIpc) is 3.13. The lowest BCUT2D eigenvalue weighted by Gasteiger charge is -2.40. The van der Waals surface area contributed by atoms with E-state index in [1.54, 1.807) is 37.4 Å². The summed E-state index contributed by atoms with van der Waals surface area (Å²) in [5.74, 6) is 2.03. The number of methoxy groups -OCH3 is 2. The Morgan fingerprint density at radius 1 is 1.00 bits per heavy atom. The number of carbonyl (C=O) groups excluding carboxylic acids is 2. The van der Waals surface area contributed by atoms with E-state index in [1.807, 2.05) is 25.1 Å². The van der Waals surface area contributed by atoms with Crippen LogP contribution in [0.4, 0.5) is 5.82 Å². The van der Waals surface area contributed by atoms with Gasteiger partial charge < -0.3 is 14.2 Å². The molecule has 3 aliphatic rings. The van der Waals surface area contributed by atoms with Gasteiger partial charge in [-0.15, -0.1) is 0 Å². The molecule has 2 aliphatic heterocycles. The second kappa shape index (κ2) is 8.46. The average molecular weight is 463 g/mol. The van der Waals surface area contributed by atoms with Gasteiger partial charge in [0.05, 0.1) is 31.8 Å². The zero-order valence-electron chi connectivity index (χ0n) is 20.2. The Kier molecular flexibility index (Phi) is 5.58. The number of pyridine rings is 1. The number of rotatable bonds is 4. The summed E-state index contributed by atoms with van der Waals surface area (Å²) in [6, 6.07) is 8.53. The van der Waals surface area contributed by atoms with Crippen LogP contribution in [0.3, 0.4) is 0 Å². The smallest absolute Gasteiger partial charge is 0.295 e. The fourth-order valence-electron chi connectivity index (χ4n) is 5.44. The molecule has 7 nitrogen and oxygen atoms in total. The number of carbonyl (C=O) groups is 2. The van der Waals surface area contributed by atoms with Crippen molar-refractivity contribution in [2.45, 2.75) is 45.8 Å². The summed E-state index contributed by atoms with van der Waals surface area (Å²) in [6.07, 6.45) is 2.98. The van der Waals surface area contributed by atoms with Crippen LogP contribution in [-0.2, 0) is 14.3 Å². The number of anilines is 1. The second-order valence-electron chi connectivity index (χ2n) is 9.68. The van der Waals surface area contributed by atoms with Crippen molar-refractivity contribution in [3.05, 3.63) is 59.0 Å². The number of ketones is 1. The lowest BCUT2D eigenvalue weighted by Crippen LogP contribution is -2.43. The molecule has 5 atom stereocenters. The monoisotopic (exact) mass is 462 g/mol. The molecule has 34 heavy (non-hydrogen) atoms. The van der Waals surface area contributed by atoms with E-state index < -0.39 is 6.04 Å². The molecule has 5 rings (SSSR count). The number of fused-ring (bicyclic) bond motifs is 1. The third-order valence-electron chi connectivity index (χ3n) is 7.58. The fraction of sp³-hybridized carbons (Fsp3) is 0.444. The Morgan fingerprint density at radius 3 is 2.41 bits per heavy atom. The normalized spacial score (nSPS) is 28.4.